The number of carbonyl (C=O) groups is 3. The molecular weight excluding hydrogens is 194 g/mol. The molecule has 5 N–H and O–H groups in total. The highest BCUT2D eigenvalue weighted by atomic mass is 16.4. The van der Waals surface area contributed by atoms with E-state index < -0.39 is 41.7 Å². The maximum absolute atomic E-state index is 10.6. The largest absolute Gasteiger partial charge is 0.480 e. The SMILES string of the molecule is NC1(C(=O)O)CC(C(=O)O)(C(=O)O)C1. The minimum atomic E-state index is -2.03. The molecule has 14 heavy (non-hydrogen) atoms. The van der Waals surface area contributed by atoms with Gasteiger partial charge in [0.1, 0.15) is 5.54 Å². The fourth-order valence-electron chi connectivity index (χ4n) is 1.57. The van der Waals surface area contributed by atoms with Gasteiger partial charge in [0, 0.05) is 12.8 Å². The van der Waals surface area contributed by atoms with Crippen LogP contribution in [0.15, 0.2) is 0 Å². The van der Waals surface area contributed by atoms with Gasteiger partial charge in [-0.15, -0.1) is 0 Å². The third-order valence-corrected chi connectivity index (χ3v) is 2.48. The molecule has 1 fully saturated rings. The molecule has 0 aromatic carbocycles. The van der Waals surface area contributed by atoms with Crippen LogP contribution in [0.4, 0.5) is 0 Å². The zero-order chi connectivity index (χ0) is 11.1. The van der Waals surface area contributed by atoms with Crippen LogP contribution in [0.1, 0.15) is 12.8 Å². The number of aliphatic carboxylic acids is 3. The first-order valence-corrected chi connectivity index (χ1v) is 3.74. The van der Waals surface area contributed by atoms with E-state index in [-0.39, 0.29) is 0 Å². The average molecular weight is 203 g/mol. The van der Waals surface area contributed by atoms with Crippen molar-refractivity contribution in [2.45, 2.75) is 18.4 Å². The molecule has 7 nitrogen and oxygen atoms in total. The smallest absolute Gasteiger partial charge is 0.323 e. The molecule has 78 valence electrons. The van der Waals surface area contributed by atoms with Gasteiger partial charge in [-0.05, 0) is 0 Å². The fourth-order valence-corrected chi connectivity index (χ4v) is 1.57. The molecule has 0 spiro atoms. The summed E-state index contributed by atoms with van der Waals surface area (Å²) >= 11 is 0. The normalized spacial score (nSPS) is 22.1. The zero-order valence-electron chi connectivity index (χ0n) is 7.06. The van der Waals surface area contributed by atoms with Crippen LogP contribution in [0.2, 0.25) is 0 Å². The minimum absolute atomic E-state index is 0.583. The summed E-state index contributed by atoms with van der Waals surface area (Å²) in [5.41, 5.74) is 1.51. The molecule has 0 radical (unpaired) electrons. The van der Waals surface area contributed by atoms with E-state index in [4.69, 9.17) is 21.1 Å². The Hall–Kier alpha value is -1.63. The van der Waals surface area contributed by atoms with Gasteiger partial charge in [0.25, 0.3) is 0 Å². The molecule has 0 aliphatic heterocycles. The lowest BCUT2D eigenvalue weighted by molar-refractivity contribution is -0.181. The Morgan fingerprint density at radius 2 is 1.29 bits per heavy atom. The molecule has 0 heterocycles. The number of rotatable bonds is 3. The maximum atomic E-state index is 10.6. The van der Waals surface area contributed by atoms with E-state index in [9.17, 15) is 14.4 Å². The zero-order valence-corrected chi connectivity index (χ0v) is 7.06. The lowest BCUT2D eigenvalue weighted by Crippen LogP contribution is -2.67. The van der Waals surface area contributed by atoms with Gasteiger partial charge >= 0.3 is 17.9 Å². The number of carboxylic acid groups (broad SMARTS) is 3. The fraction of sp³-hybridized carbons (Fsp3) is 0.571. The second-order valence-corrected chi connectivity index (χ2v) is 3.51. The van der Waals surface area contributed by atoms with E-state index in [1.165, 1.54) is 0 Å². The summed E-state index contributed by atoms with van der Waals surface area (Å²) in [6, 6.07) is 0. The summed E-state index contributed by atoms with van der Waals surface area (Å²) in [6.07, 6.45) is -1.17. The van der Waals surface area contributed by atoms with Crippen molar-refractivity contribution in [2.75, 3.05) is 0 Å². The van der Waals surface area contributed by atoms with Crippen LogP contribution in [-0.4, -0.2) is 38.8 Å². The summed E-state index contributed by atoms with van der Waals surface area (Å²) in [5.74, 6) is -4.48. The van der Waals surface area contributed by atoms with Crippen LogP contribution in [-0.2, 0) is 14.4 Å². The van der Waals surface area contributed by atoms with Crippen LogP contribution in [0, 0.1) is 5.41 Å². The molecule has 0 unspecified atom stereocenters. The molecule has 7 heteroatoms. The summed E-state index contributed by atoms with van der Waals surface area (Å²) in [4.78, 5) is 31.8. The van der Waals surface area contributed by atoms with E-state index >= 15 is 0 Å². The average Bonchev–Trinajstić information content (AvgIpc) is 1.96. The molecule has 1 aliphatic carbocycles. The molecule has 0 bridgehead atoms. The summed E-state index contributed by atoms with van der Waals surface area (Å²) in [5, 5.41) is 25.9. The van der Waals surface area contributed by atoms with E-state index in [0.29, 0.717) is 0 Å². The monoisotopic (exact) mass is 203 g/mol. The van der Waals surface area contributed by atoms with E-state index in [1.807, 2.05) is 0 Å². The van der Waals surface area contributed by atoms with Crippen molar-refractivity contribution in [1.29, 1.82) is 0 Å². The Labute approximate surface area is 78.1 Å². The van der Waals surface area contributed by atoms with Crippen molar-refractivity contribution in [3.8, 4) is 0 Å². The molecule has 0 atom stereocenters. The molecule has 1 rings (SSSR count). The number of nitrogens with two attached hydrogens (primary N) is 1. The molecule has 0 amide bonds. The summed E-state index contributed by atoms with van der Waals surface area (Å²) < 4.78 is 0. The third kappa shape index (κ3) is 1.13. The first-order valence-electron chi connectivity index (χ1n) is 3.74. The van der Waals surface area contributed by atoms with Crippen molar-refractivity contribution >= 4 is 17.9 Å². The van der Waals surface area contributed by atoms with Gasteiger partial charge in [-0.25, -0.2) is 0 Å². The molecule has 1 aliphatic rings. The Morgan fingerprint density at radius 3 is 1.50 bits per heavy atom. The van der Waals surface area contributed by atoms with Gasteiger partial charge in [-0.3, -0.25) is 14.4 Å². The van der Waals surface area contributed by atoms with Crippen molar-refractivity contribution in [2.24, 2.45) is 11.1 Å². The second kappa shape index (κ2) is 2.68. The topological polar surface area (TPSA) is 138 Å². The highest BCUT2D eigenvalue weighted by molar-refractivity contribution is 6.02. The molecule has 0 aromatic rings. The second-order valence-electron chi connectivity index (χ2n) is 3.51. The third-order valence-electron chi connectivity index (χ3n) is 2.48. The Kier molecular flexibility index (Phi) is 2.00. The van der Waals surface area contributed by atoms with Crippen LogP contribution >= 0.6 is 0 Å². The van der Waals surface area contributed by atoms with Crippen LogP contribution in [0.5, 0.6) is 0 Å². The van der Waals surface area contributed by atoms with Gasteiger partial charge in [-0.2, -0.15) is 0 Å². The lowest BCUT2D eigenvalue weighted by atomic mass is 9.57. The van der Waals surface area contributed by atoms with E-state index in [2.05, 4.69) is 0 Å². The Bertz CT molecular complexity index is 300. The highest BCUT2D eigenvalue weighted by Crippen LogP contribution is 2.47. The van der Waals surface area contributed by atoms with Crippen molar-refractivity contribution in [3.05, 3.63) is 0 Å². The summed E-state index contributed by atoms with van der Waals surface area (Å²) in [7, 11) is 0. The quantitative estimate of drug-likeness (QED) is 0.419. The lowest BCUT2D eigenvalue weighted by Gasteiger charge is -2.45. The number of hydrogen-bond donors (Lipinski definition) is 4. The van der Waals surface area contributed by atoms with Crippen molar-refractivity contribution in [1.82, 2.24) is 0 Å². The maximum Gasteiger partial charge on any atom is 0.323 e. The first-order chi connectivity index (χ1) is 6.24. The predicted molar refractivity (Wildman–Crippen MR) is 41.5 cm³/mol. The molecular formula is C7H9NO6. The minimum Gasteiger partial charge on any atom is -0.480 e. The van der Waals surface area contributed by atoms with Crippen molar-refractivity contribution in [3.63, 3.8) is 0 Å². The molecule has 0 saturated heterocycles. The molecule has 0 aromatic heterocycles. The van der Waals surface area contributed by atoms with Gasteiger partial charge in [-0.1, -0.05) is 0 Å². The van der Waals surface area contributed by atoms with Crippen molar-refractivity contribution < 1.29 is 29.7 Å². The molecule has 1 saturated carbocycles. The van der Waals surface area contributed by atoms with Crippen LogP contribution in [0.25, 0.3) is 0 Å². The predicted octanol–water partition coefficient (Wildman–Crippen LogP) is -1.28. The Morgan fingerprint density at radius 1 is 0.929 bits per heavy atom. The number of hydrogen-bond acceptors (Lipinski definition) is 4. The van der Waals surface area contributed by atoms with E-state index in [1.54, 1.807) is 0 Å². The van der Waals surface area contributed by atoms with Gasteiger partial charge < -0.3 is 21.1 Å². The van der Waals surface area contributed by atoms with Gasteiger partial charge in [0.15, 0.2) is 5.41 Å². The van der Waals surface area contributed by atoms with Crippen LogP contribution in [0.3, 0.4) is 0 Å². The van der Waals surface area contributed by atoms with Gasteiger partial charge in [0.05, 0.1) is 0 Å². The Balaban J connectivity index is 2.90. The van der Waals surface area contributed by atoms with Gasteiger partial charge in [0.2, 0.25) is 0 Å². The van der Waals surface area contributed by atoms with E-state index in [0.717, 1.165) is 0 Å². The van der Waals surface area contributed by atoms with Crippen LogP contribution < -0.4 is 5.73 Å². The summed E-state index contributed by atoms with van der Waals surface area (Å²) in [6.45, 7) is 0. The number of carboxylic acids is 3. The first kappa shape index (κ1) is 10.5. The highest BCUT2D eigenvalue weighted by Gasteiger charge is 2.66. The standard InChI is InChI=1S/C7H9NO6/c8-7(5(13)14)1-6(2-7,3(9)10)4(11)12/h1-2,8H2,(H,9,10)(H,11,12)(H,13,14).